The summed E-state index contributed by atoms with van der Waals surface area (Å²) in [5, 5.41) is 20.5. The molecule has 0 aliphatic heterocycles. The summed E-state index contributed by atoms with van der Waals surface area (Å²) >= 11 is 2.10. The molecule has 0 atom stereocenters. The SMILES string of the molecule is CCOc1cc(/C=C(/C#N)c2cccc(F)c2)cc(I)c1OCc1cccc([N+](=O)[O-])c1. The van der Waals surface area contributed by atoms with Gasteiger partial charge in [0.15, 0.2) is 11.5 Å². The van der Waals surface area contributed by atoms with E-state index in [1.807, 2.05) is 13.0 Å². The Labute approximate surface area is 198 Å². The van der Waals surface area contributed by atoms with Gasteiger partial charge in [0.25, 0.3) is 5.69 Å². The first-order chi connectivity index (χ1) is 15.4. The Hall–Kier alpha value is -3.45. The first-order valence-corrected chi connectivity index (χ1v) is 10.7. The minimum atomic E-state index is -0.453. The third kappa shape index (κ3) is 5.82. The lowest BCUT2D eigenvalue weighted by Gasteiger charge is -2.15. The average Bonchev–Trinajstić information content (AvgIpc) is 2.77. The molecule has 6 nitrogen and oxygen atoms in total. The fraction of sp³-hybridized carbons (Fsp3) is 0.125. The van der Waals surface area contributed by atoms with Crippen LogP contribution in [0, 0.1) is 30.8 Å². The van der Waals surface area contributed by atoms with Gasteiger partial charge in [-0.15, -0.1) is 0 Å². The third-order valence-electron chi connectivity index (χ3n) is 4.40. The number of hydrogen-bond donors (Lipinski definition) is 0. The van der Waals surface area contributed by atoms with Crippen molar-refractivity contribution in [2.24, 2.45) is 0 Å². The summed E-state index contributed by atoms with van der Waals surface area (Å²) in [6.45, 7) is 2.36. The molecule has 32 heavy (non-hydrogen) atoms. The predicted molar refractivity (Wildman–Crippen MR) is 128 cm³/mol. The van der Waals surface area contributed by atoms with Gasteiger partial charge in [-0.25, -0.2) is 4.39 Å². The maximum Gasteiger partial charge on any atom is 0.269 e. The van der Waals surface area contributed by atoms with Gasteiger partial charge in [0.05, 0.1) is 26.7 Å². The van der Waals surface area contributed by atoms with Crippen LogP contribution in [0.2, 0.25) is 0 Å². The van der Waals surface area contributed by atoms with Crippen LogP contribution in [0.1, 0.15) is 23.6 Å². The molecule has 3 rings (SSSR count). The molecule has 0 aromatic heterocycles. The molecule has 0 heterocycles. The number of benzene rings is 3. The summed E-state index contributed by atoms with van der Waals surface area (Å²) in [7, 11) is 0. The normalized spacial score (nSPS) is 11.0. The summed E-state index contributed by atoms with van der Waals surface area (Å²) in [5.74, 6) is 0.561. The zero-order valence-corrected chi connectivity index (χ0v) is 19.2. The van der Waals surface area contributed by atoms with Crippen LogP contribution >= 0.6 is 22.6 Å². The van der Waals surface area contributed by atoms with E-state index in [0.29, 0.717) is 40.4 Å². The van der Waals surface area contributed by atoms with E-state index in [1.165, 1.54) is 24.3 Å². The summed E-state index contributed by atoms with van der Waals surface area (Å²) < 4.78 is 26.0. The van der Waals surface area contributed by atoms with Crippen molar-refractivity contribution in [2.45, 2.75) is 13.5 Å². The van der Waals surface area contributed by atoms with Gasteiger partial charge < -0.3 is 9.47 Å². The van der Waals surface area contributed by atoms with Crippen molar-refractivity contribution in [3.05, 3.63) is 96.9 Å². The average molecular weight is 544 g/mol. The molecule has 0 aliphatic carbocycles. The van der Waals surface area contributed by atoms with Gasteiger partial charge in [-0.3, -0.25) is 10.1 Å². The summed E-state index contributed by atoms with van der Waals surface area (Å²) in [4.78, 5) is 10.5. The van der Waals surface area contributed by atoms with E-state index in [1.54, 1.807) is 36.4 Å². The Morgan fingerprint density at radius 3 is 2.66 bits per heavy atom. The van der Waals surface area contributed by atoms with Crippen LogP contribution < -0.4 is 9.47 Å². The lowest BCUT2D eigenvalue weighted by molar-refractivity contribution is -0.384. The minimum absolute atomic E-state index is 0.00676. The number of nitro groups is 1. The van der Waals surface area contributed by atoms with Crippen LogP contribution in [-0.4, -0.2) is 11.5 Å². The Morgan fingerprint density at radius 1 is 1.19 bits per heavy atom. The number of nitriles is 1. The van der Waals surface area contributed by atoms with Crippen LogP contribution in [0.3, 0.4) is 0 Å². The van der Waals surface area contributed by atoms with E-state index in [9.17, 15) is 19.8 Å². The molecule has 3 aromatic carbocycles. The minimum Gasteiger partial charge on any atom is -0.490 e. The quantitative estimate of drug-likeness (QED) is 0.108. The highest BCUT2D eigenvalue weighted by molar-refractivity contribution is 14.1. The van der Waals surface area contributed by atoms with Crippen LogP contribution in [0.4, 0.5) is 10.1 Å². The smallest absolute Gasteiger partial charge is 0.269 e. The number of nitrogens with zero attached hydrogens (tertiary/aromatic N) is 2. The lowest BCUT2D eigenvalue weighted by atomic mass is 10.0. The molecule has 0 radical (unpaired) electrons. The van der Waals surface area contributed by atoms with Gasteiger partial charge in [0.2, 0.25) is 0 Å². The second kappa shape index (κ2) is 10.7. The number of ether oxygens (including phenoxy) is 2. The first kappa shape index (κ1) is 23.2. The van der Waals surface area contributed by atoms with E-state index in [-0.39, 0.29) is 12.3 Å². The number of allylic oxidation sites excluding steroid dienone is 1. The number of hydrogen-bond acceptors (Lipinski definition) is 5. The van der Waals surface area contributed by atoms with Gasteiger partial charge in [0, 0.05) is 12.1 Å². The van der Waals surface area contributed by atoms with Crippen LogP contribution in [0.5, 0.6) is 11.5 Å². The maximum atomic E-state index is 13.6. The molecule has 0 saturated heterocycles. The highest BCUT2D eigenvalue weighted by Crippen LogP contribution is 2.36. The predicted octanol–water partition coefficient (Wildman–Crippen LogP) is 6.38. The molecule has 0 amide bonds. The van der Waals surface area contributed by atoms with Gasteiger partial charge in [0.1, 0.15) is 12.4 Å². The Bertz CT molecular complexity index is 1220. The summed E-state index contributed by atoms with van der Waals surface area (Å²) in [5.41, 5.74) is 2.13. The van der Waals surface area contributed by atoms with Crippen molar-refractivity contribution in [3.8, 4) is 17.6 Å². The standard InChI is InChI=1S/C24H18FIN2O4/c1-2-31-23-12-17(9-19(14-27)18-6-4-7-20(25)13-18)11-22(26)24(23)32-15-16-5-3-8-21(10-16)28(29)30/h3-13H,2,15H2,1H3/b19-9-. The molecular weight excluding hydrogens is 526 g/mol. The zero-order chi connectivity index (χ0) is 23.1. The molecule has 0 saturated carbocycles. The van der Waals surface area contributed by atoms with Crippen LogP contribution in [0.15, 0.2) is 60.7 Å². The van der Waals surface area contributed by atoms with Crippen LogP contribution in [0.25, 0.3) is 11.6 Å². The number of non-ortho nitro benzene ring substituents is 1. The number of halogens is 2. The molecule has 0 N–H and O–H groups in total. The summed E-state index contributed by atoms with van der Waals surface area (Å²) in [6.07, 6.45) is 1.66. The van der Waals surface area contributed by atoms with Crippen molar-refractivity contribution in [1.82, 2.24) is 0 Å². The number of nitro benzene ring substituents is 1. The van der Waals surface area contributed by atoms with Crippen molar-refractivity contribution in [2.75, 3.05) is 6.61 Å². The fourth-order valence-electron chi connectivity index (χ4n) is 2.99. The van der Waals surface area contributed by atoms with Gasteiger partial charge in [-0.05, 0) is 76.5 Å². The molecule has 0 fully saturated rings. The Morgan fingerprint density at radius 2 is 1.97 bits per heavy atom. The molecular formula is C24H18FIN2O4. The molecule has 3 aromatic rings. The molecule has 0 spiro atoms. The van der Waals surface area contributed by atoms with Crippen molar-refractivity contribution < 1.29 is 18.8 Å². The first-order valence-electron chi connectivity index (χ1n) is 9.61. The second-order valence-corrected chi connectivity index (χ2v) is 7.82. The van der Waals surface area contributed by atoms with E-state index in [2.05, 4.69) is 28.7 Å². The van der Waals surface area contributed by atoms with E-state index >= 15 is 0 Å². The molecule has 8 heteroatoms. The largest absolute Gasteiger partial charge is 0.490 e. The maximum absolute atomic E-state index is 13.6. The van der Waals surface area contributed by atoms with E-state index in [0.717, 1.165) is 3.57 Å². The highest BCUT2D eigenvalue weighted by atomic mass is 127. The van der Waals surface area contributed by atoms with Gasteiger partial charge in [-0.2, -0.15) is 5.26 Å². The molecule has 0 bridgehead atoms. The van der Waals surface area contributed by atoms with E-state index in [4.69, 9.17) is 9.47 Å². The Kier molecular flexibility index (Phi) is 7.78. The highest BCUT2D eigenvalue weighted by Gasteiger charge is 2.14. The van der Waals surface area contributed by atoms with E-state index < -0.39 is 10.7 Å². The van der Waals surface area contributed by atoms with Gasteiger partial charge >= 0.3 is 0 Å². The lowest BCUT2D eigenvalue weighted by Crippen LogP contribution is -2.02. The third-order valence-corrected chi connectivity index (χ3v) is 5.20. The van der Waals surface area contributed by atoms with Crippen molar-refractivity contribution in [3.63, 3.8) is 0 Å². The molecule has 0 aliphatic rings. The Balaban J connectivity index is 1.91. The zero-order valence-electron chi connectivity index (χ0n) is 17.0. The molecule has 0 unspecified atom stereocenters. The second-order valence-electron chi connectivity index (χ2n) is 6.66. The number of rotatable bonds is 8. The van der Waals surface area contributed by atoms with Crippen molar-refractivity contribution >= 4 is 39.9 Å². The topological polar surface area (TPSA) is 85.4 Å². The molecule has 162 valence electrons. The van der Waals surface area contributed by atoms with Crippen molar-refractivity contribution in [1.29, 1.82) is 5.26 Å². The fourth-order valence-corrected chi connectivity index (χ4v) is 3.77. The van der Waals surface area contributed by atoms with Gasteiger partial charge in [-0.1, -0.05) is 24.3 Å². The monoisotopic (exact) mass is 544 g/mol. The van der Waals surface area contributed by atoms with Crippen LogP contribution in [-0.2, 0) is 6.61 Å². The summed E-state index contributed by atoms with van der Waals surface area (Å²) in [6, 6.07) is 17.8.